The molecule has 0 aliphatic carbocycles. The van der Waals surface area contributed by atoms with Crippen molar-refractivity contribution in [3.63, 3.8) is 0 Å². The van der Waals surface area contributed by atoms with E-state index in [4.69, 9.17) is 18.9 Å². The Hall–Kier alpha value is -1.80. The van der Waals surface area contributed by atoms with E-state index in [9.17, 15) is 10.2 Å². The van der Waals surface area contributed by atoms with Crippen LogP contribution >= 0.6 is 0 Å². The molecule has 0 saturated carbocycles. The Morgan fingerprint density at radius 2 is 1.26 bits per heavy atom. The van der Waals surface area contributed by atoms with Crippen molar-refractivity contribution in [1.82, 2.24) is 0 Å². The molecule has 2 aromatic carbocycles. The van der Waals surface area contributed by atoms with Crippen molar-refractivity contribution in [3.05, 3.63) is 69.8 Å². The molecule has 2 aromatic rings. The van der Waals surface area contributed by atoms with Crippen LogP contribution in [0.3, 0.4) is 0 Å². The monoisotopic (exact) mass is 428 g/mol. The van der Waals surface area contributed by atoms with Crippen LogP contribution in [0.1, 0.15) is 52.9 Å². The molecule has 2 N–H and O–H groups in total. The molecule has 2 heterocycles. The number of hydrogen-bond acceptors (Lipinski definition) is 6. The first-order chi connectivity index (χ1) is 14.8. The summed E-state index contributed by atoms with van der Waals surface area (Å²) in [6.45, 7) is 9.71. The molecular weight excluding hydrogens is 396 g/mol. The lowest BCUT2D eigenvalue weighted by Crippen LogP contribution is -2.60. The van der Waals surface area contributed by atoms with Crippen LogP contribution in [0.5, 0.6) is 0 Å². The van der Waals surface area contributed by atoms with Gasteiger partial charge in [-0.1, -0.05) is 36.4 Å². The molecule has 31 heavy (non-hydrogen) atoms. The maximum atomic E-state index is 10.6. The van der Waals surface area contributed by atoms with Crippen molar-refractivity contribution in [2.24, 2.45) is 0 Å². The molecule has 4 rings (SSSR count). The maximum Gasteiger partial charge on any atom is 0.185 e. The number of aryl methyl sites for hydroxylation is 4. The summed E-state index contributed by atoms with van der Waals surface area (Å²) in [6, 6.07) is 12.1. The summed E-state index contributed by atoms with van der Waals surface area (Å²) in [5, 5.41) is 20.2. The van der Waals surface area contributed by atoms with Crippen molar-refractivity contribution in [2.45, 2.75) is 77.7 Å². The van der Waals surface area contributed by atoms with E-state index in [1.54, 1.807) is 0 Å². The molecule has 0 amide bonds. The zero-order valence-electron chi connectivity index (χ0n) is 18.7. The van der Waals surface area contributed by atoms with Gasteiger partial charge in [-0.3, -0.25) is 0 Å². The number of aliphatic hydroxyl groups is 2. The fraction of sp³-hybridized carbons (Fsp3) is 0.520. The summed E-state index contributed by atoms with van der Waals surface area (Å²) >= 11 is 0. The smallest absolute Gasteiger partial charge is 0.185 e. The van der Waals surface area contributed by atoms with Gasteiger partial charge in [0.15, 0.2) is 12.6 Å². The quantitative estimate of drug-likeness (QED) is 0.776. The van der Waals surface area contributed by atoms with Crippen molar-refractivity contribution >= 4 is 0 Å². The largest absolute Gasteiger partial charge is 0.394 e. The first kappa shape index (κ1) is 22.4. The highest BCUT2D eigenvalue weighted by molar-refractivity contribution is 5.32. The number of ether oxygens (including phenoxy) is 4. The van der Waals surface area contributed by atoms with Crippen LogP contribution < -0.4 is 0 Å². The minimum atomic E-state index is -1.10. The molecule has 0 spiro atoms. The highest BCUT2D eigenvalue weighted by Crippen LogP contribution is 2.41. The third-order valence-electron chi connectivity index (χ3n) is 6.46. The second kappa shape index (κ2) is 8.98. The number of fused-ring (bicyclic) bond motifs is 1. The van der Waals surface area contributed by atoms with Gasteiger partial charge in [0.05, 0.1) is 12.7 Å². The molecule has 0 aromatic heterocycles. The van der Waals surface area contributed by atoms with Gasteiger partial charge in [-0.15, -0.1) is 0 Å². The third kappa shape index (κ3) is 4.42. The third-order valence-corrected chi connectivity index (χ3v) is 6.46. The van der Waals surface area contributed by atoms with E-state index in [-0.39, 0.29) is 6.10 Å². The minimum Gasteiger partial charge on any atom is -0.394 e. The van der Waals surface area contributed by atoms with E-state index >= 15 is 0 Å². The van der Waals surface area contributed by atoms with Gasteiger partial charge in [-0.05, 0) is 56.9 Å². The van der Waals surface area contributed by atoms with Crippen molar-refractivity contribution < 1.29 is 29.2 Å². The van der Waals surface area contributed by atoms with Crippen LogP contribution in [0.25, 0.3) is 0 Å². The number of rotatable bonds is 4. The van der Waals surface area contributed by atoms with Gasteiger partial charge in [0, 0.05) is 11.1 Å². The molecule has 168 valence electrons. The SMILES string of the molecule is Cc1ccc(C2OC(C(O)CO)C3OC(c4ccc(C)c(C)c4)OC(C)C3O2)cc1C. The number of aliphatic hydroxyl groups excluding tert-OH is 2. The molecule has 0 radical (unpaired) electrons. The Labute approximate surface area is 183 Å². The Kier molecular flexibility index (Phi) is 6.49. The van der Waals surface area contributed by atoms with Crippen molar-refractivity contribution in [3.8, 4) is 0 Å². The molecule has 2 aliphatic rings. The number of hydrogen-bond donors (Lipinski definition) is 2. The predicted octanol–water partition coefficient (Wildman–Crippen LogP) is 3.56. The van der Waals surface area contributed by atoms with E-state index in [0.29, 0.717) is 0 Å². The lowest BCUT2D eigenvalue weighted by atomic mass is 9.95. The summed E-state index contributed by atoms with van der Waals surface area (Å²) in [5.41, 5.74) is 6.42. The molecular formula is C25H32O6. The maximum absolute atomic E-state index is 10.6. The van der Waals surface area contributed by atoms with Gasteiger partial charge in [-0.25, -0.2) is 0 Å². The van der Waals surface area contributed by atoms with Crippen LogP contribution in [0.15, 0.2) is 36.4 Å². The van der Waals surface area contributed by atoms with E-state index in [2.05, 4.69) is 6.92 Å². The van der Waals surface area contributed by atoms with Crippen molar-refractivity contribution in [1.29, 1.82) is 0 Å². The standard InChI is InChI=1S/C25H32O6/c1-13-6-8-18(10-15(13)3)24-28-17(5)21-23(31-24)22(20(27)12-26)30-25(29-21)19-9-7-14(2)16(4)11-19/h6-11,17,20-27H,12H2,1-5H3. The minimum absolute atomic E-state index is 0.295. The Balaban J connectivity index is 1.62. The number of benzene rings is 2. The van der Waals surface area contributed by atoms with Crippen LogP contribution in [-0.2, 0) is 18.9 Å². The van der Waals surface area contributed by atoms with Crippen LogP contribution in [0.2, 0.25) is 0 Å². The van der Waals surface area contributed by atoms with Crippen molar-refractivity contribution in [2.75, 3.05) is 6.61 Å². The van der Waals surface area contributed by atoms with E-state index in [0.717, 1.165) is 22.3 Å². The molecule has 0 bridgehead atoms. The summed E-state index contributed by atoms with van der Waals surface area (Å²) < 4.78 is 24.9. The Morgan fingerprint density at radius 1 is 0.742 bits per heavy atom. The highest BCUT2D eigenvalue weighted by Gasteiger charge is 2.50. The summed E-state index contributed by atoms with van der Waals surface area (Å²) in [4.78, 5) is 0. The highest BCUT2D eigenvalue weighted by atomic mass is 16.8. The van der Waals surface area contributed by atoms with E-state index in [1.165, 1.54) is 11.1 Å². The normalized spacial score (nSPS) is 31.8. The molecule has 6 heteroatoms. The first-order valence-corrected chi connectivity index (χ1v) is 10.8. The van der Waals surface area contributed by atoms with Gasteiger partial charge < -0.3 is 29.2 Å². The van der Waals surface area contributed by atoms with Gasteiger partial charge in [0.1, 0.15) is 24.4 Å². The van der Waals surface area contributed by atoms with Gasteiger partial charge in [0.25, 0.3) is 0 Å². The van der Waals surface area contributed by atoms with Gasteiger partial charge >= 0.3 is 0 Å². The molecule has 2 fully saturated rings. The van der Waals surface area contributed by atoms with Crippen LogP contribution in [0, 0.1) is 27.7 Å². The fourth-order valence-electron chi connectivity index (χ4n) is 4.19. The zero-order valence-corrected chi connectivity index (χ0v) is 18.7. The molecule has 2 saturated heterocycles. The average molecular weight is 429 g/mol. The lowest BCUT2D eigenvalue weighted by Gasteiger charge is -2.49. The van der Waals surface area contributed by atoms with Crippen LogP contribution in [0.4, 0.5) is 0 Å². The fourth-order valence-corrected chi connectivity index (χ4v) is 4.19. The molecule has 2 aliphatic heterocycles. The summed E-state index contributed by atoms with van der Waals surface area (Å²) in [5.74, 6) is 0. The Morgan fingerprint density at radius 3 is 1.77 bits per heavy atom. The molecule has 6 nitrogen and oxygen atoms in total. The first-order valence-electron chi connectivity index (χ1n) is 10.8. The second-order valence-corrected chi connectivity index (χ2v) is 8.74. The Bertz CT molecular complexity index is 928. The lowest BCUT2D eigenvalue weighted by molar-refractivity contribution is -0.388. The predicted molar refractivity (Wildman–Crippen MR) is 116 cm³/mol. The molecule has 7 atom stereocenters. The topological polar surface area (TPSA) is 77.4 Å². The average Bonchev–Trinajstić information content (AvgIpc) is 2.76. The summed E-state index contributed by atoms with van der Waals surface area (Å²) in [6.07, 6.45) is -4.47. The second-order valence-electron chi connectivity index (χ2n) is 8.74. The van der Waals surface area contributed by atoms with Gasteiger partial charge in [0.2, 0.25) is 0 Å². The van der Waals surface area contributed by atoms with Gasteiger partial charge in [-0.2, -0.15) is 0 Å². The van der Waals surface area contributed by atoms with E-state index < -0.39 is 43.6 Å². The zero-order chi connectivity index (χ0) is 22.3. The summed E-state index contributed by atoms with van der Waals surface area (Å²) in [7, 11) is 0. The molecule has 7 unspecified atom stereocenters. The van der Waals surface area contributed by atoms with Crippen LogP contribution in [-0.4, -0.2) is 47.3 Å². The van der Waals surface area contributed by atoms with E-state index in [1.807, 2.05) is 64.1 Å².